The Bertz CT molecular complexity index is 133. The first-order chi connectivity index (χ1) is 5.43. The molecule has 1 heterocycles. The second-order valence-electron chi connectivity index (χ2n) is 2.76. The van der Waals surface area contributed by atoms with E-state index in [-0.39, 0.29) is 0 Å². The van der Waals surface area contributed by atoms with Crippen molar-refractivity contribution in [3.63, 3.8) is 0 Å². The van der Waals surface area contributed by atoms with E-state index < -0.39 is 0 Å². The van der Waals surface area contributed by atoms with Crippen LogP contribution in [0.25, 0.3) is 0 Å². The zero-order valence-corrected chi connectivity index (χ0v) is 7.70. The van der Waals surface area contributed by atoms with E-state index in [9.17, 15) is 0 Å². The molecule has 0 spiro atoms. The number of hydrogen-bond acceptors (Lipinski definition) is 2. The first-order valence-electron chi connectivity index (χ1n) is 4.17. The van der Waals surface area contributed by atoms with Crippen molar-refractivity contribution in [3.8, 4) is 12.3 Å². The summed E-state index contributed by atoms with van der Waals surface area (Å²) in [6, 6.07) is 0. The summed E-state index contributed by atoms with van der Waals surface area (Å²) in [5, 5.41) is 0. The van der Waals surface area contributed by atoms with Crippen molar-refractivity contribution in [2.24, 2.45) is 0 Å². The Morgan fingerprint density at radius 3 is 2.73 bits per heavy atom. The van der Waals surface area contributed by atoms with Crippen molar-refractivity contribution >= 4 is 11.8 Å². The van der Waals surface area contributed by atoms with Gasteiger partial charge in [0.1, 0.15) is 0 Å². The molecule has 1 aliphatic heterocycles. The second-order valence-corrected chi connectivity index (χ2v) is 3.99. The zero-order chi connectivity index (χ0) is 7.94. The van der Waals surface area contributed by atoms with Gasteiger partial charge in [0.2, 0.25) is 0 Å². The lowest BCUT2D eigenvalue weighted by Crippen LogP contribution is -2.33. The molecule has 0 N–H and O–H groups in total. The van der Waals surface area contributed by atoms with Crippen LogP contribution >= 0.6 is 11.8 Å². The van der Waals surface area contributed by atoms with Gasteiger partial charge in [0.25, 0.3) is 0 Å². The molecule has 0 unspecified atom stereocenters. The minimum atomic E-state index is 0.934. The Hall–Kier alpha value is -0.130. The average Bonchev–Trinajstić information content (AvgIpc) is 2.07. The van der Waals surface area contributed by atoms with Crippen LogP contribution in [0.4, 0.5) is 0 Å². The smallest absolute Gasteiger partial charge is 0.00982 e. The summed E-state index contributed by atoms with van der Waals surface area (Å²) >= 11 is 2.06. The van der Waals surface area contributed by atoms with Crippen molar-refractivity contribution in [1.82, 2.24) is 4.90 Å². The zero-order valence-electron chi connectivity index (χ0n) is 6.88. The predicted molar refractivity (Wildman–Crippen MR) is 51.8 cm³/mol. The van der Waals surface area contributed by atoms with Crippen molar-refractivity contribution in [3.05, 3.63) is 0 Å². The van der Waals surface area contributed by atoms with Crippen LogP contribution in [0.5, 0.6) is 0 Å². The lowest BCUT2D eigenvalue weighted by Gasteiger charge is -2.25. The van der Waals surface area contributed by atoms with E-state index in [1.165, 1.54) is 37.6 Å². The highest BCUT2D eigenvalue weighted by molar-refractivity contribution is 7.99. The maximum Gasteiger partial charge on any atom is 0.00982 e. The molecule has 0 atom stereocenters. The summed E-state index contributed by atoms with van der Waals surface area (Å²) in [4.78, 5) is 2.51. The van der Waals surface area contributed by atoms with Gasteiger partial charge in [-0.05, 0) is 13.0 Å². The Balaban J connectivity index is 2.01. The monoisotopic (exact) mass is 169 g/mol. The number of thioether (sulfide) groups is 1. The number of terminal acetylenes is 1. The highest BCUT2D eigenvalue weighted by Gasteiger charge is 2.08. The highest BCUT2D eigenvalue weighted by atomic mass is 32.2. The fourth-order valence-electron chi connectivity index (χ4n) is 1.23. The summed E-state index contributed by atoms with van der Waals surface area (Å²) in [6.45, 7) is 3.72. The molecule has 1 aliphatic rings. The molecule has 11 heavy (non-hydrogen) atoms. The van der Waals surface area contributed by atoms with Crippen LogP contribution in [-0.4, -0.2) is 36.0 Å². The second kappa shape index (κ2) is 5.51. The van der Waals surface area contributed by atoms with E-state index in [1.807, 2.05) is 0 Å². The molecule has 0 radical (unpaired) electrons. The summed E-state index contributed by atoms with van der Waals surface area (Å²) < 4.78 is 0. The minimum absolute atomic E-state index is 0.934. The lowest BCUT2D eigenvalue weighted by molar-refractivity contribution is 0.300. The van der Waals surface area contributed by atoms with Gasteiger partial charge in [-0.25, -0.2) is 0 Å². The van der Waals surface area contributed by atoms with Crippen LogP contribution in [0.3, 0.4) is 0 Å². The van der Waals surface area contributed by atoms with Gasteiger partial charge in [-0.15, -0.1) is 12.3 Å². The van der Waals surface area contributed by atoms with Gasteiger partial charge in [-0.1, -0.05) is 0 Å². The maximum atomic E-state index is 5.17. The van der Waals surface area contributed by atoms with Gasteiger partial charge < -0.3 is 4.90 Å². The largest absolute Gasteiger partial charge is 0.302 e. The molecule has 2 heteroatoms. The molecular weight excluding hydrogens is 154 g/mol. The molecule has 62 valence electrons. The summed E-state index contributed by atoms with van der Waals surface area (Å²) in [6.07, 6.45) is 7.27. The highest BCUT2D eigenvalue weighted by Crippen LogP contribution is 2.09. The van der Waals surface area contributed by atoms with Gasteiger partial charge in [0.05, 0.1) is 0 Å². The number of unbranched alkanes of at least 4 members (excludes halogenated alkanes) is 1. The molecular formula is C9H15NS. The summed E-state index contributed by atoms with van der Waals surface area (Å²) in [5.41, 5.74) is 0. The van der Waals surface area contributed by atoms with E-state index in [1.54, 1.807) is 0 Å². The summed E-state index contributed by atoms with van der Waals surface area (Å²) in [7, 11) is 0. The molecule has 0 aromatic rings. The third-order valence-electron chi connectivity index (χ3n) is 1.90. The Morgan fingerprint density at radius 2 is 2.09 bits per heavy atom. The molecule has 0 saturated carbocycles. The van der Waals surface area contributed by atoms with Gasteiger partial charge >= 0.3 is 0 Å². The van der Waals surface area contributed by atoms with E-state index >= 15 is 0 Å². The molecule has 0 amide bonds. The molecule has 1 fully saturated rings. The molecule has 1 nitrogen and oxygen atoms in total. The van der Waals surface area contributed by atoms with Crippen LogP contribution in [0.1, 0.15) is 12.8 Å². The summed E-state index contributed by atoms with van der Waals surface area (Å²) in [5.74, 6) is 5.28. The standard InChI is InChI=1S/C9H15NS/c1-2-3-4-5-10-6-8-11-9-7-10/h1H,3-9H2. The fourth-order valence-corrected chi connectivity index (χ4v) is 2.21. The van der Waals surface area contributed by atoms with E-state index in [0.29, 0.717) is 0 Å². The Morgan fingerprint density at radius 1 is 1.36 bits per heavy atom. The first-order valence-corrected chi connectivity index (χ1v) is 5.32. The van der Waals surface area contributed by atoms with Gasteiger partial charge in [0.15, 0.2) is 0 Å². The first kappa shape index (κ1) is 8.96. The third-order valence-corrected chi connectivity index (χ3v) is 2.84. The number of rotatable bonds is 3. The fraction of sp³-hybridized carbons (Fsp3) is 0.778. The van der Waals surface area contributed by atoms with Gasteiger partial charge in [-0.3, -0.25) is 0 Å². The average molecular weight is 169 g/mol. The van der Waals surface area contributed by atoms with Crippen molar-refractivity contribution < 1.29 is 0 Å². The Labute approximate surface area is 73.5 Å². The maximum absolute atomic E-state index is 5.17. The Kier molecular flexibility index (Phi) is 4.49. The quantitative estimate of drug-likeness (QED) is 0.465. The minimum Gasteiger partial charge on any atom is -0.302 e. The van der Waals surface area contributed by atoms with Gasteiger partial charge in [-0.2, -0.15) is 11.8 Å². The van der Waals surface area contributed by atoms with E-state index in [2.05, 4.69) is 22.6 Å². The SMILES string of the molecule is C#CCCCN1CCSCC1. The van der Waals surface area contributed by atoms with Gasteiger partial charge in [0, 0.05) is 31.0 Å². The molecule has 0 aliphatic carbocycles. The van der Waals surface area contributed by atoms with Crippen LogP contribution < -0.4 is 0 Å². The normalized spacial score (nSPS) is 19.5. The molecule has 0 aromatic heterocycles. The number of nitrogens with zero attached hydrogens (tertiary/aromatic N) is 1. The van der Waals surface area contributed by atoms with Crippen molar-refractivity contribution in [2.75, 3.05) is 31.1 Å². The van der Waals surface area contributed by atoms with Crippen molar-refractivity contribution in [1.29, 1.82) is 0 Å². The molecule has 0 aromatic carbocycles. The van der Waals surface area contributed by atoms with Crippen molar-refractivity contribution in [2.45, 2.75) is 12.8 Å². The lowest BCUT2D eigenvalue weighted by atomic mass is 10.3. The van der Waals surface area contributed by atoms with Crippen LogP contribution in [-0.2, 0) is 0 Å². The molecule has 1 rings (SSSR count). The topological polar surface area (TPSA) is 3.24 Å². The van der Waals surface area contributed by atoms with Crippen LogP contribution in [0.15, 0.2) is 0 Å². The van der Waals surface area contributed by atoms with E-state index in [0.717, 1.165) is 6.42 Å². The number of hydrogen-bond donors (Lipinski definition) is 0. The third kappa shape index (κ3) is 3.69. The molecule has 0 bridgehead atoms. The van der Waals surface area contributed by atoms with Crippen LogP contribution in [0.2, 0.25) is 0 Å². The van der Waals surface area contributed by atoms with E-state index in [4.69, 9.17) is 6.42 Å². The predicted octanol–water partition coefficient (Wildman–Crippen LogP) is 1.45. The molecule has 1 saturated heterocycles. The van der Waals surface area contributed by atoms with Crippen LogP contribution in [0, 0.1) is 12.3 Å².